The maximum absolute atomic E-state index is 13.2. The summed E-state index contributed by atoms with van der Waals surface area (Å²) >= 11 is 0. The van der Waals surface area contributed by atoms with E-state index in [1.807, 2.05) is 0 Å². The number of hydrogen-bond acceptors (Lipinski definition) is 4. The fraction of sp³-hybridized carbons (Fsp3) is 0. The summed E-state index contributed by atoms with van der Waals surface area (Å²) in [7, 11) is -10.7. The van der Waals surface area contributed by atoms with E-state index in [9.17, 15) is 51.5 Å². The minimum absolute atomic E-state index is 0. The molecule has 264 valence electrons. The van der Waals surface area contributed by atoms with Gasteiger partial charge in [-0.25, -0.2) is 8.78 Å². The summed E-state index contributed by atoms with van der Waals surface area (Å²) in [5.41, 5.74) is 1.92. The minimum atomic E-state index is -10.7. The Hall–Kier alpha value is -4.72. The Morgan fingerprint density at radius 1 is 0.420 bits per heavy atom. The van der Waals surface area contributed by atoms with Gasteiger partial charge in [0, 0.05) is 60.2 Å². The summed E-state index contributed by atoms with van der Waals surface area (Å²) in [5, 5.41) is 0. The second kappa shape index (κ2) is 16.8. The topological polar surface area (TPSA) is 51.6 Å². The molecular formula is C32H18F12IrN4P. The van der Waals surface area contributed by atoms with E-state index in [1.54, 1.807) is 48.8 Å². The molecular weight excluding hydrogens is 892 g/mol. The number of pyridine rings is 4. The Morgan fingerprint density at radius 3 is 1.04 bits per heavy atom. The number of rotatable bonds is 3. The predicted octanol–water partition coefficient (Wildman–Crippen LogP) is 11.5. The van der Waals surface area contributed by atoms with Crippen LogP contribution in [0.3, 0.4) is 0 Å². The Labute approximate surface area is 289 Å². The van der Waals surface area contributed by atoms with Gasteiger partial charge in [0.2, 0.25) is 0 Å². The molecule has 0 bridgehead atoms. The van der Waals surface area contributed by atoms with Gasteiger partial charge in [-0.3, -0.25) is 27.5 Å². The van der Waals surface area contributed by atoms with E-state index in [4.69, 9.17) is 0 Å². The van der Waals surface area contributed by atoms with Crippen LogP contribution in [0.4, 0.5) is 51.5 Å². The number of halogens is 12. The summed E-state index contributed by atoms with van der Waals surface area (Å²) in [6.45, 7) is 0. The summed E-state index contributed by atoms with van der Waals surface area (Å²) in [6.07, 6.45) is 5.73. The van der Waals surface area contributed by atoms with E-state index in [2.05, 4.69) is 32.1 Å². The van der Waals surface area contributed by atoms with Gasteiger partial charge in [-0.2, -0.15) is 0 Å². The third-order valence-electron chi connectivity index (χ3n) is 5.26. The standard InChI is InChI=1S/2C11H6F2N.C10H6F2N2.F6P.Ir/c2*12-8-4-5-9(10(13)7-8)11-3-1-2-6-14-11;11-7-1-3-13-9(5-7)10-6-8(12)2-4-14-10;1-7(2,3,4,5)6;/h2*1-4,6-7H;1-6H;;/q2*-1;;-1;+3. The number of aromatic nitrogens is 4. The van der Waals surface area contributed by atoms with Crippen LogP contribution < -0.4 is 0 Å². The van der Waals surface area contributed by atoms with Gasteiger partial charge in [0.25, 0.3) is 0 Å². The van der Waals surface area contributed by atoms with E-state index in [0.29, 0.717) is 22.8 Å². The van der Waals surface area contributed by atoms with Crippen molar-refractivity contribution in [2.24, 2.45) is 0 Å². The maximum Gasteiger partial charge on any atom is 3.00 e. The van der Waals surface area contributed by atoms with E-state index >= 15 is 0 Å². The first-order chi connectivity index (χ1) is 22.7. The van der Waals surface area contributed by atoms with Gasteiger partial charge in [0.15, 0.2) is 0 Å². The number of nitrogens with zero attached hydrogens (tertiary/aromatic N) is 4. The molecule has 6 rings (SSSR count). The monoisotopic (exact) mass is 910 g/mol. The predicted molar refractivity (Wildman–Crippen MR) is 158 cm³/mol. The van der Waals surface area contributed by atoms with Crippen molar-refractivity contribution in [1.29, 1.82) is 0 Å². The Bertz CT molecular complexity index is 1850. The van der Waals surface area contributed by atoms with Crippen LogP contribution in [0.1, 0.15) is 0 Å². The second-order valence-corrected chi connectivity index (χ2v) is 11.1. The molecule has 0 amide bonds. The zero-order chi connectivity index (χ0) is 36.3. The molecule has 0 N–H and O–H groups in total. The van der Waals surface area contributed by atoms with E-state index < -0.39 is 42.7 Å². The molecule has 2 aromatic carbocycles. The summed E-state index contributed by atoms with van der Waals surface area (Å²) < 4.78 is 136. The molecule has 6 aromatic rings. The Kier molecular flexibility index (Phi) is 13.9. The molecule has 0 aliphatic heterocycles. The minimum Gasteiger partial charge on any atom is -0.305 e. The molecule has 0 spiro atoms. The first-order valence-electron chi connectivity index (χ1n) is 13.1. The van der Waals surface area contributed by atoms with Gasteiger partial charge in [0.05, 0.1) is 11.4 Å². The van der Waals surface area contributed by atoms with Crippen molar-refractivity contribution in [3.8, 4) is 33.9 Å². The van der Waals surface area contributed by atoms with Gasteiger partial charge in [-0.1, -0.05) is 47.5 Å². The number of benzene rings is 2. The summed E-state index contributed by atoms with van der Waals surface area (Å²) in [4.78, 5) is 15.7. The van der Waals surface area contributed by atoms with Gasteiger partial charge in [-0.15, -0.1) is 24.3 Å². The van der Waals surface area contributed by atoms with E-state index in [-0.39, 0.29) is 31.2 Å². The quantitative estimate of drug-likeness (QED) is 0.101. The smallest absolute Gasteiger partial charge is 0.305 e. The molecule has 50 heavy (non-hydrogen) atoms. The van der Waals surface area contributed by atoms with E-state index in [1.165, 1.54) is 36.7 Å². The fourth-order valence-electron chi connectivity index (χ4n) is 3.39. The maximum atomic E-state index is 13.2. The SMILES string of the molecule is F[P-](F)(F)(F)(F)F.Fc1c[c-]c(-c2ccccn2)c(F)c1.Fc1c[c-]c(-c2ccccn2)c(F)c1.Fc1ccnc(-c2cc(F)ccn2)c1.[Ir+3]. The fourth-order valence-corrected chi connectivity index (χ4v) is 3.39. The zero-order valence-corrected chi connectivity index (χ0v) is 27.8. The third-order valence-corrected chi connectivity index (χ3v) is 5.26. The van der Waals surface area contributed by atoms with E-state index in [0.717, 1.165) is 24.3 Å². The van der Waals surface area contributed by atoms with Crippen molar-refractivity contribution in [3.63, 3.8) is 0 Å². The molecule has 0 radical (unpaired) electrons. The van der Waals surface area contributed by atoms with Crippen LogP contribution in [-0.2, 0) is 20.1 Å². The summed E-state index contributed by atoms with van der Waals surface area (Å²) in [6, 6.07) is 23.9. The van der Waals surface area contributed by atoms with Crippen molar-refractivity contribution in [1.82, 2.24) is 19.9 Å². The molecule has 0 unspecified atom stereocenters. The van der Waals surface area contributed by atoms with Crippen molar-refractivity contribution in [3.05, 3.63) is 157 Å². The largest absolute Gasteiger partial charge is 3.00 e. The van der Waals surface area contributed by atoms with Crippen molar-refractivity contribution >= 4 is 7.81 Å². The second-order valence-electron chi connectivity index (χ2n) is 9.19. The molecule has 0 aliphatic rings. The molecule has 4 heterocycles. The summed E-state index contributed by atoms with van der Waals surface area (Å²) in [5.74, 6) is -3.40. The van der Waals surface area contributed by atoms with Crippen LogP contribution in [0, 0.1) is 47.0 Å². The van der Waals surface area contributed by atoms with Gasteiger partial charge in [0.1, 0.15) is 11.6 Å². The first kappa shape index (κ1) is 41.5. The van der Waals surface area contributed by atoms with Gasteiger partial charge >= 0.3 is 53.1 Å². The average Bonchev–Trinajstić information content (AvgIpc) is 3.01. The van der Waals surface area contributed by atoms with Gasteiger partial charge < -0.3 is 9.97 Å². The van der Waals surface area contributed by atoms with Crippen LogP contribution in [0.15, 0.2) is 110 Å². The number of hydrogen-bond donors (Lipinski definition) is 0. The molecule has 0 saturated carbocycles. The molecule has 0 aliphatic carbocycles. The van der Waals surface area contributed by atoms with Crippen LogP contribution in [0.2, 0.25) is 0 Å². The Morgan fingerprint density at radius 2 is 0.760 bits per heavy atom. The molecule has 0 saturated heterocycles. The molecule has 0 fully saturated rings. The Balaban J connectivity index is 0.000000236. The van der Waals surface area contributed by atoms with Crippen LogP contribution in [0.25, 0.3) is 33.9 Å². The van der Waals surface area contributed by atoms with Crippen molar-refractivity contribution in [2.45, 2.75) is 0 Å². The zero-order valence-electron chi connectivity index (χ0n) is 24.5. The molecule has 0 atom stereocenters. The molecule has 18 heteroatoms. The normalized spacial score (nSPS) is 11.8. The van der Waals surface area contributed by atoms with Crippen molar-refractivity contribution in [2.75, 3.05) is 0 Å². The van der Waals surface area contributed by atoms with Crippen LogP contribution in [-0.4, -0.2) is 19.9 Å². The van der Waals surface area contributed by atoms with Crippen LogP contribution >= 0.6 is 7.81 Å². The van der Waals surface area contributed by atoms with Crippen LogP contribution in [0.5, 0.6) is 0 Å². The molecule has 4 aromatic heterocycles. The average molecular weight is 910 g/mol. The molecule has 4 nitrogen and oxygen atoms in total. The van der Waals surface area contributed by atoms with Crippen molar-refractivity contribution < 1.29 is 71.6 Å². The third kappa shape index (κ3) is 16.1. The van der Waals surface area contributed by atoms with Gasteiger partial charge in [-0.05, 0) is 35.7 Å². The first-order valence-corrected chi connectivity index (χ1v) is 15.1.